The van der Waals surface area contributed by atoms with Crippen LogP contribution in [0.1, 0.15) is 60.0 Å². The van der Waals surface area contributed by atoms with Gasteiger partial charge in [-0.1, -0.05) is 11.6 Å². The molecule has 0 spiro atoms. The molecular weight excluding hydrogens is 498 g/mol. The number of hydrogen-bond acceptors (Lipinski definition) is 6. The van der Waals surface area contributed by atoms with Gasteiger partial charge in [0.2, 0.25) is 5.43 Å². The number of amides is 3. The molecule has 2 aromatic heterocycles. The number of benzene rings is 1. The molecule has 2 N–H and O–H groups in total. The highest BCUT2D eigenvalue weighted by atomic mass is 35.5. The number of carbonyl (C=O) groups is 3. The van der Waals surface area contributed by atoms with Crippen LogP contribution in [0.3, 0.4) is 0 Å². The summed E-state index contributed by atoms with van der Waals surface area (Å²) in [7, 11) is 0. The second kappa shape index (κ2) is 10.6. The number of H-pyrrole nitrogens is 1. The molecule has 4 rings (SSSR count). The van der Waals surface area contributed by atoms with Crippen LogP contribution in [0.5, 0.6) is 0 Å². The minimum Gasteiger partial charge on any atom is -0.443 e. The molecule has 10 nitrogen and oxygen atoms in total. The summed E-state index contributed by atoms with van der Waals surface area (Å²) in [4.78, 5) is 62.2. The Kier molecular flexibility index (Phi) is 7.49. The lowest BCUT2D eigenvalue weighted by molar-refractivity contribution is 0.0280. The van der Waals surface area contributed by atoms with Crippen molar-refractivity contribution in [2.75, 3.05) is 13.1 Å². The molecular formula is C26H28ClN5O5. The Labute approximate surface area is 218 Å². The summed E-state index contributed by atoms with van der Waals surface area (Å²) < 4.78 is 5.33. The molecule has 1 aliphatic rings. The topological polar surface area (TPSA) is 125 Å². The maximum atomic E-state index is 13.9. The lowest BCUT2D eigenvalue weighted by atomic mass is 10.1. The lowest BCUT2D eigenvalue weighted by Crippen LogP contribution is -2.49. The van der Waals surface area contributed by atoms with Crippen LogP contribution in [0.2, 0.25) is 5.02 Å². The summed E-state index contributed by atoms with van der Waals surface area (Å²) in [5.74, 6) is -1.33. The summed E-state index contributed by atoms with van der Waals surface area (Å²) in [5.41, 5.74) is 1.40. The number of aromatic amines is 1. The lowest BCUT2D eigenvalue weighted by Gasteiger charge is -2.27. The Morgan fingerprint density at radius 1 is 1.14 bits per heavy atom. The van der Waals surface area contributed by atoms with E-state index in [-0.39, 0.29) is 23.2 Å². The SMILES string of the molecule is CC(C)(C)OC(=O)NN(Cc1ccncc1)C(=O)c1c(C(=O)N2CCCC2)[nH]c2cc(Cl)ccc2c1=O. The van der Waals surface area contributed by atoms with E-state index >= 15 is 0 Å². The number of halogens is 1. The molecule has 1 fully saturated rings. The van der Waals surface area contributed by atoms with Gasteiger partial charge in [0, 0.05) is 35.9 Å². The highest BCUT2D eigenvalue weighted by Crippen LogP contribution is 2.21. The van der Waals surface area contributed by atoms with Gasteiger partial charge >= 0.3 is 6.09 Å². The van der Waals surface area contributed by atoms with Crippen LogP contribution < -0.4 is 10.9 Å². The molecule has 3 aromatic rings. The van der Waals surface area contributed by atoms with Crippen molar-refractivity contribution in [1.29, 1.82) is 0 Å². The number of hydrogen-bond donors (Lipinski definition) is 2. The molecule has 1 saturated heterocycles. The fourth-order valence-electron chi connectivity index (χ4n) is 4.08. The minimum atomic E-state index is -0.883. The van der Waals surface area contributed by atoms with E-state index in [2.05, 4.69) is 15.4 Å². The summed E-state index contributed by atoms with van der Waals surface area (Å²) in [6, 6.07) is 7.88. The summed E-state index contributed by atoms with van der Waals surface area (Å²) in [6.07, 6.45) is 3.85. The molecule has 0 bridgehead atoms. The molecule has 0 aliphatic carbocycles. The van der Waals surface area contributed by atoms with E-state index in [4.69, 9.17) is 16.3 Å². The first-order valence-electron chi connectivity index (χ1n) is 11.9. The van der Waals surface area contributed by atoms with Crippen LogP contribution in [0.4, 0.5) is 4.79 Å². The fraction of sp³-hybridized carbons (Fsp3) is 0.346. The van der Waals surface area contributed by atoms with Crippen LogP contribution in [0.15, 0.2) is 47.5 Å². The average Bonchev–Trinajstić information content (AvgIpc) is 3.37. The van der Waals surface area contributed by atoms with Crippen molar-refractivity contribution in [3.05, 3.63) is 74.8 Å². The third-order valence-corrected chi connectivity index (χ3v) is 5.98. The Morgan fingerprint density at radius 3 is 2.46 bits per heavy atom. The van der Waals surface area contributed by atoms with Crippen molar-refractivity contribution in [3.8, 4) is 0 Å². The molecule has 1 aromatic carbocycles. The Morgan fingerprint density at radius 2 is 1.81 bits per heavy atom. The zero-order valence-electron chi connectivity index (χ0n) is 20.8. The van der Waals surface area contributed by atoms with Gasteiger partial charge in [-0.25, -0.2) is 15.2 Å². The molecule has 194 valence electrons. The molecule has 11 heteroatoms. The van der Waals surface area contributed by atoms with Crippen LogP contribution in [0.25, 0.3) is 10.9 Å². The molecule has 0 radical (unpaired) electrons. The second-order valence-corrected chi connectivity index (χ2v) is 10.2. The normalized spacial score (nSPS) is 13.5. The smallest absolute Gasteiger partial charge is 0.426 e. The number of fused-ring (bicyclic) bond motifs is 1. The van der Waals surface area contributed by atoms with E-state index in [0.29, 0.717) is 29.2 Å². The molecule has 3 amide bonds. The molecule has 0 atom stereocenters. The maximum absolute atomic E-state index is 13.9. The number of carbonyl (C=O) groups excluding carboxylic acids is 3. The molecule has 37 heavy (non-hydrogen) atoms. The van der Waals surface area contributed by atoms with Crippen molar-refractivity contribution >= 4 is 40.4 Å². The number of pyridine rings is 2. The largest absolute Gasteiger partial charge is 0.443 e. The first-order valence-corrected chi connectivity index (χ1v) is 12.3. The van der Waals surface area contributed by atoms with E-state index in [1.165, 1.54) is 18.2 Å². The molecule has 0 saturated carbocycles. The van der Waals surface area contributed by atoms with E-state index in [0.717, 1.165) is 17.9 Å². The first kappa shape index (κ1) is 26.2. The van der Waals surface area contributed by atoms with E-state index in [1.54, 1.807) is 50.2 Å². The zero-order chi connectivity index (χ0) is 26.7. The monoisotopic (exact) mass is 525 g/mol. The summed E-state index contributed by atoms with van der Waals surface area (Å²) >= 11 is 6.12. The second-order valence-electron chi connectivity index (χ2n) is 9.75. The fourth-order valence-corrected chi connectivity index (χ4v) is 4.26. The average molecular weight is 526 g/mol. The number of rotatable bonds is 4. The quantitative estimate of drug-likeness (QED) is 0.498. The number of hydrazine groups is 1. The third-order valence-electron chi connectivity index (χ3n) is 5.74. The van der Waals surface area contributed by atoms with Crippen LogP contribution >= 0.6 is 11.6 Å². The van der Waals surface area contributed by atoms with Gasteiger partial charge < -0.3 is 14.6 Å². The third kappa shape index (κ3) is 6.08. The highest BCUT2D eigenvalue weighted by Gasteiger charge is 2.32. The summed E-state index contributed by atoms with van der Waals surface area (Å²) in [6.45, 7) is 5.99. The van der Waals surface area contributed by atoms with Gasteiger partial charge in [0.25, 0.3) is 11.8 Å². The van der Waals surface area contributed by atoms with E-state index in [9.17, 15) is 19.2 Å². The Balaban J connectivity index is 1.82. The predicted molar refractivity (Wildman–Crippen MR) is 138 cm³/mol. The minimum absolute atomic E-state index is 0.101. The maximum Gasteiger partial charge on any atom is 0.426 e. The van der Waals surface area contributed by atoms with Gasteiger partial charge in [0.15, 0.2) is 0 Å². The van der Waals surface area contributed by atoms with Crippen molar-refractivity contribution in [2.24, 2.45) is 0 Å². The molecule has 1 aliphatic heterocycles. The van der Waals surface area contributed by atoms with Crippen LogP contribution in [0, 0.1) is 0 Å². The summed E-state index contributed by atoms with van der Waals surface area (Å²) in [5, 5.41) is 1.52. The number of likely N-dealkylation sites (tertiary alicyclic amines) is 1. The Hall–Kier alpha value is -3.92. The predicted octanol–water partition coefficient (Wildman–Crippen LogP) is 3.89. The molecule has 3 heterocycles. The van der Waals surface area contributed by atoms with Crippen molar-refractivity contribution < 1.29 is 19.1 Å². The number of nitrogens with one attached hydrogen (secondary N) is 2. The van der Waals surface area contributed by atoms with Crippen LogP contribution in [-0.4, -0.2) is 56.5 Å². The standard InChI is InChI=1S/C26H28ClN5O5/c1-26(2,3)37-25(36)30-32(15-16-8-10-28-11-9-16)23(34)20-21(24(35)31-12-4-5-13-31)29-19-14-17(27)6-7-18(19)22(20)33/h6-11,14H,4-5,12-13,15H2,1-3H3,(H,29,33)(H,30,36). The van der Waals surface area contributed by atoms with Gasteiger partial charge in [-0.15, -0.1) is 0 Å². The van der Waals surface area contributed by atoms with E-state index in [1.807, 2.05) is 0 Å². The van der Waals surface area contributed by atoms with Gasteiger partial charge in [-0.2, -0.15) is 0 Å². The zero-order valence-corrected chi connectivity index (χ0v) is 21.6. The van der Waals surface area contributed by atoms with Crippen molar-refractivity contribution in [2.45, 2.75) is 45.8 Å². The van der Waals surface area contributed by atoms with E-state index < -0.39 is 28.9 Å². The number of ether oxygens (including phenoxy) is 1. The highest BCUT2D eigenvalue weighted by molar-refractivity contribution is 6.31. The van der Waals surface area contributed by atoms with Gasteiger partial charge in [0.1, 0.15) is 16.9 Å². The molecule has 0 unspecified atom stereocenters. The van der Waals surface area contributed by atoms with Crippen molar-refractivity contribution in [1.82, 2.24) is 25.3 Å². The van der Waals surface area contributed by atoms with Crippen LogP contribution in [-0.2, 0) is 11.3 Å². The number of nitrogens with zero attached hydrogens (tertiary/aromatic N) is 3. The Bertz CT molecular complexity index is 1390. The first-order chi connectivity index (χ1) is 17.5. The van der Waals surface area contributed by atoms with Gasteiger partial charge in [-0.3, -0.25) is 19.4 Å². The number of aromatic nitrogens is 2. The van der Waals surface area contributed by atoms with Crippen molar-refractivity contribution in [3.63, 3.8) is 0 Å². The van der Waals surface area contributed by atoms with Gasteiger partial charge in [-0.05, 0) is 69.5 Å². The van der Waals surface area contributed by atoms with Gasteiger partial charge in [0.05, 0.1) is 12.1 Å².